The van der Waals surface area contributed by atoms with Gasteiger partial charge in [0.1, 0.15) is 11.9 Å². The maximum absolute atomic E-state index is 11.1. The van der Waals surface area contributed by atoms with Crippen LogP contribution in [0, 0.1) is 5.41 Å². The quantitative estimate of drug-likeness (QED) is 0.932. The van der Waals surface area contributed by atoms with Gasteiger partial charge in [0.05, 0.1) is 5.41 Å². The second kappa shape index (κ2) is 4.33. The van der Waals surface area contributed by atoms with Gasteiger partial charge in [0.15, 0.2) is 0 Å². The fraction of sp³-hybridized carbons (Fsp3) is 0.462. The largest absolute Gasteiger partial charge is 0.490 e. The molecule has 1 heterocycles. The minimum atomic E-state index is -0.781. The maximum atomic E-state index is 11.1. The van der Waals surface area contributed by atoms with Crippen LogP contribution in [0.2, 0.25) is 0 Å². The lowest BCUT2D eigenvalue weighted by atomic mass is 9.86. The Morgan fingerprint density at radius 1 is 1.59 bits per heavy atom. The van der Waals surface area contributed by atoms with Crippen LogP contribution in [-0.4, -0.2) is 17.2 Å². The van der Waals surface area contributed by atoms with Crippen molar-refractivity contribution in [3.05, 3.63) is 28.2 Å². The number of carbonyl (C=O) groups is 1. The number of benzene rings is 1. The number of halogens is 1. The summed E-state index contributed by atoms with van der Waals surface area (Å²) in [7, 11) is 0. The molecule has 1 aliphatic rings. The number of hydrogen-bond acceptors (Lipinski definition) is 2. The van der Waals surface area contributed by atoms with Gasteiger partial charge >= 0.3 is 5.97 Å². The number of ether oxygens (including phenoxy) is 1. The summed E-state index contributed by atoms with van der Waals surface area (Å²) < 4.78 is 6.81. The van der Waals surface area contributed by atoms with Crippen molar-refractivity contribution in [2.75, 3.05) is 0 Å². The molecule has 0 fully saturated rings. The first kappa shape index (κ1) is 12.4. The Kier molecular flexibility index (Phi) is 3.17. The van der Waals surface area contributed by atoms with E-state index in [4.69, 9.17) is 9.84 Å². The van der Waals surface area contributed by atoms with Crippen LogP contribution in [0.1, 0.15) is 25.8 Å². The van der Waals surface area contributed by atoms with Gasteiger partial charge in [-0.1, -0.05) is 22.0 Å². The van der Waals surface area contributed by atoms with E-state index >= 15 is 0 Å². The molecule has 92 valence electrons. The molecule has 0 saturated heterocycles. The predicted octanol–water partition coefficient (Wildman–Crippen LogP) is 3.25. The standard InChI is InChI=1S/C13H15BrO3/c1-13(2,12(15)16)7-8-6-9-10(14)4-3-5-11(9)17-8/h3-5,8H,6-7H2,1-2H3,(H,15,16). The number of fused-ring (bicyclic) bond motifs is 1. The zero-order valence-corrected chi connectivity index (χ0v) is 11.5. The Morgan fingerprint density at radius 3 is 2.88 bits per heavy atom. The molecule has 0 spiro atoms. The van der Waals surface area contributed by atoms with Crippen molar-refractivity contribution in [1.82, 2.24) is 0 Å². The summed E-state index contributed by atoms with van der Waals surface area (Å²) in [5, 5.41) is 9.11. The van der Waals surface area contributed by atoms with E-state index in [1.165, 1.54) is 0 Å². The fourth-order valence-corrected chi connectivity index (χ4v) is 2.58. The van der Waals surface area contributed by atoms with E-state index < -0.39 is 11.4 Å². The molecule has 0 radical (unpaired) electrons. The Bertz CT molecular complexity index is 454. The average molecular weight is 299 g/mol. The molecule has 0 amide bonds. The molecule has 1 aliphatic heterocycles. The van der Waals surface area contributed by atoms with E-state index in [-0.39, 0.29) is 6.10 Å². The van der Waals surface area contributed by atoms with E-state index in [9.17, 15) is 4.79 Å². The smallest absolute Gasteiger partial charge is 0.309 e. The molecule has 17 heavy (non-hydrogen) atoms. The highest BCUT2D eigenvalue weighted by Gasteiger charge is 2.35. The first-order chi connectivity index (χ1) is 7.90. The number of hydrogen-bond donors (Lipinski definition) is 1. The summed E-state index contributed by atoms with van der Waals surface area (Å²) in [5.41, 5.74) is 0.387. The molecule has 0 bridgehead atoms. The minimum absolute atomic E-state index is 0.0465. The van der Waals surface area contributed by atoms with Gasteiger partial charge in [-0.3, -0.25) is 4.79 Å². The Balaban J connectivity index is 2.11. The molecule has 1 N–H and O–H groups in total. The van der Waals surface area contributed by atoms with Crippen molar-refractivity contribution in [2.24, 2.45) is 5.41 Å². The monoisotopic (exact) mass is 298 g/mol. The van der Waals surface area contributed by atoms with Crippen LogP contribution in [0.25, 0.3) is 0 Å². The van der Waals surface area contributed by atoms with Gasteiger partial charge < -0.3 is 9.84 Å². The van der Waals surface area contributed by atoms with Gasteiger partial charge in [-0.05, 0) is 26.0 Å². The number of rotatable bonds is 3. The van der Waals surface area contributed by atoms with Gasteiger partial charge in [-0.15, -0.1) is 0 Å². The second-order valence-electron chi connectivity index (χ2n) is 5.05. The van der Waals surface area contributed by atoms with Crippen molar-refractivity contribution >= 4 is 21.9 Å². The SMILES string of the molecule is CC(C)(CC1Cc2c(Br)cccc2O1)C(=O)O. The van der Waals surface area contributed by atoms with Crippen LogP contribution in [0.4, 0.5) is 0 Å². The lowest BCUT2D eigenvalue weighted by Gasteiger charge is -2.22. The third-order valence-electron chi connectivity index (χ3n) is 3.12. The molecule has 2 rings (SSSR count). The van der Waals surface area contributed by atoms with Gasteiger partial charge in [-0.25, -0.2) is 0 Å². The lowest BCUT2D eigenvalue weighted by molar-refractivity contribution is -0.148. The zero-order valence-electron chi connectivity index (χ0n) is 9.87. The molecular formula is C13H15BrO3. The summed E-state index contributed by atoms with van der Waals surface area (Å²) >= 11 is 3.49. The summed E-state index contributed by atoms with van der Waals surface area (Å²) in [6.07, 6.45) is 1.24. The fourth-order valence-electron chi connectivity index (χ4n) is 2.07. The zero-order chi connectivity index (χ0) is 12.6. The number of carboxylic acids is 1. The number of aliphatic carboxylic acids is 1. The van der Waals surface area contributed by atoms with Gasteiger partial charge in [-0.2, -0.15) is 0 Å². The molecule has 1 atom stereocenters. The van der Waals surface area contributed by atoms with E-state index in [1.807, 2.05) is 18.2 Å². The topological polar surface area (TPSA) is 46.5 Å². The van der Waals surface area contributed by atoms with Crippen molar-refractivity contribution in [3.63, 3.8) is 0 Å². The van der Waals surface area contributed by atoms with Crippen LogP contribution >= 0.6 is 15.9 Å². The third kappa shape index (κ3) is 2.46. The molecule has 0 aromatic heterocycles. The first-order valence-electron chi connectivity index (χ1n) is 5.57. The highest BCUT2D eigenvalue weighted by Crippen LogP contribution is 2.38. The summed E-state index contributed by atoms with van der Waals surface area (Å²) in [4.78, 5) is 11.1. The van der Waals surface area contributed by atoms with E-state index in [0.29, 0.717) is 6.42 Å². The van der Waals surface area contributed by atoms with Crippen LogP contribution in [0.3, 0.4) is 0 Å². The van der Waals surface area contributed by atoms with Crippen molar-refractivity contribution in [2.45, 2.75) is 32.8 Å². The van der Waals surface area contributed by atoms with Gasteiger partial charge in [0.2, 0.25) is 0 Å². The molecule has 4 heteroatoms. The molecular weight excluding hydrogens is 284 g/mol. The maximum Gasteiger partial charge on any atom is 0.309 e. The summed E-state index contributed by atoms with van der Waals surface area (Å²) in [5.74, 6) is 0.0849. The summed E-state index contributed by atoms with van der Waals surface area (Å²) in [6, 6.07) is 5.83. The molecule has 3 nitrogen and oxygen atoms in total. The highest BCUT2D eigenvalue weighted by molar-refractivity contribution is 9.10. The van der Waals surface area contributed by atoms with Gasteiger partial charge in [0.25, 0.3) is 0 Å². The Hall–Kier alpha value is -1.03. The van der Waals surface area contributed by atoms with Crippen molar-refractivity contribution < 1.29 is 14.6 Å². The van der Waals surface area contributed by atoms with Gasteiger partial charge in [0, 0.05) is 22.9 Å². The average Bonchev–Trinajstić information content (AvgIpc) is 2.60. The van der Waals surface area contributed by atoms with E-state index in [1.54, 1.807) is 13.8 Å². The number of carboxylic acid groups (broad SMARTS) is 1. The van der Waals surface area contributed by atoms with Crippen molar-refractivity contribution in [3.8, 4) is 5.75 Å². The highest BCUT2D eigenvalue weighted by atomic mass is 79.9. The molecule has 0 aliphatic carbocycles. The normalized spacial score (nSPS) is 18.6. The van der Waals surface area contributed by atoms with Crippen LogP contribution < -0.4 is 4.74 Å². The Morgan fingerprint density at radius 2 is 2.29 bits per heavy atom. The minimum Gasteiger partial charge on any atom is -0.490 e. The Labute approximate surface area is 109 Å². The van der Waals surface area contributed by atoms with Crippen LogP contribution in [0.5, 0.6) is 5.75 Å². The summed E-state index contributed by atoms with van der Waals surface area (Å²) in [6.45, 7) is 3.47. The molecule has 1 unspecified atom stereocenters. The first-order valence-corrected chi connectivity index (χ1v) is 6.37. The lowest BCUT2D eigenvalue weighted by Crippen LogP contribution is -2.30. The van der Waals surface area contributed by atoms with Crippen molar-refractivity contribution in [1.29, 1.82) is 0 Å². The van der Waals surface area contributed by atoms with E-state index in [0.717, 1.165) is 22.2 Å². The van der Waals surface area contributed by atoms with E-state index in [2.05, 4.69) is 15.9 Å². The second-order valence-corrected chi connectivity index (χ2v) is 5.91. The molecule has 1 aromatic rings. The molecule has 1 aromatic carbocycles. The molecule has 0 saturated carbocycles. The third-order valence-corrected chi connectivity index (χ3v) is 3.86. The van der Waals surface area contributed by atoms with Crippen LogP contribution in [0.15, 0.2) is 22.7 Å². The predicted molar refractivity (Wildman–Crippen MR) is 68.3 cm³/mol. The van der Waals surface area contributed by atoms with Crippen LogP contribution in [-0.2, 0) is 11.2 Å².